The SMILES string of the molecule is CCCCCCCCC(c1ccccc1)(c1ccccc1)C(OC)(OC)OC. The maximum absolute atomic E-state index is 5.96. The predicted molar refractivity (Wildman–Crippen MR) is 115 cm³/mol. The number of hydrogen-bond acceptors (Lipinski definition) is 3. The summed E-state index contributed by atoms with van der Waals surface area (Å²) in [5, 5.41) is 0. The molecule has 0 aliphatic carbocycles. The molecule has 0 saturated heterocycles. The summed E-state index contributed by atoms with van der Waals surface area (Å²) in [6.45, 7) is 2.25. The van der Waals surface area contributed by atoms with Crippen LogP contribution < -0.4 is 0 Å². The largest absolute Gasteiger partial charge is 0.330 e. The number of rotatable bonds is 13. The van der Waals surface area contributed by atoms with E-state index in [1.54, 1.807) is 21.3 Å². The first kappa shape index (κ1) is 22.6. The van der Waals surface area contributed by atoms with Crippen LogP contribution in [-0.2, 0) is 19.6 Å². The van der Waals surface area contributed by atoms with Crippen LogP contribution in [0.1, 0.15) is 63.0 Å². The highest BCUT2D eigenvalue weighted by Crippen LogP contribution is 2.48. The Kier molecular flexibility index (Phi) is 9.17. The molecule has 3 heteroatoms. The zero-order chi connectivity index (χ0) is 20.3. The minimum atomic E-state index is -1.21. The molecule has 0 N–H and O–H groups in total. The first-order valence-electron chi connectivity index (χ1n) is 10.5. The molecular formula is C25H36O3. The van der Waals surface area contributed by atoms with Crippen molar-refractivity contribution >= 4 is 0 Å². The van der Waals surface area contributed by atoms with Crippen molar-refractivity contribution < 1.29 is 14.2 Å². The molecule has 0 spiro atoms. The van der Waals surface area contributed by atoms with Crippen molar-refractivity contribution in [2.45, 2.75) is 63.3 Å². The van der Waals surface area contributed by atoms with Gasteiger partial charge in [-0.15, -0.1) is 0 Å². The summed E-state index contributed by atoms with van der Waals surface area (Å²) in [6.07, 6.45) is 8.26. The van der Waals surface area contributed by atoms with E-state index in [1.807, 2.05) is 12.1 Å². The van der Waals surface area contributed by atoms with Gasteiger partial charge in [0.05, 0.1) is 0 Å². The summed E-state index contributed by atoms with van der Waals surface area (Å²) in [7, 11) is 4.98. The number of benzene rings is 2. The Bertz CT molecular complexity index is 602. The van der Waals surface area contributed by atoms with Gasteiger partial charge < -0.3 is 14.2 Å². The van der Waals surface area contributed by atoms with Gasteiger partial charge in [0.1, 0.15) is 5.41 Å². The molecule has 0 aliphatic rings. The molecular weight excluding hydrogens is 348 g/mol. The molecule has 0 fully saturated rings. The van der Waals surface area contributed by atoms with E-state index in [2.05, 4.69) is 55.5 Å². The van der Waals surface area contributed by atoms with E-state index in [4.69, 9.17) is 14.2 Å². The quantitative estimate of drug-likeness (QED) is 0.299. The van der Waals surface area contributed by atoms with Gasteiger partial charge in [0, 0.05) is 21.3 Å². The van der Waals surface area contributed by atoms with Crippen molar-refractivity contribution in [2.75, 3.05) is 21.3 Å². The third kappa shape index (κ3) is 4.65. The van der Waals surface area contributed by atoms with E-state index < -0.39 is 11.4 Å². The second-order valence-electron chi connectivity index (χ2n) is 7.32. The number of ether oxygens (including phenoxy) is 3. The molecule has 2 rings (SSSR count). The third-order valence-corrected chi connectivity index (χ3v) is 5.77. The first-order chi connectivity index (χ1) is 13.7. The van der Waals surface area contributed by atoms with Gasteiger partial charge in [-0.1, -0.05) is 106 Å². The topological polar surface area (TPSA) is 27.7 Å². The lowest BCUT2D eigenvalue weighted by Crippen LogP contribution is -2.56. The van der Waals surface area contributed by atoms with Gasteiger partial charge in [-0.25, -0.2) is 0 Å². The predicted octanol–water partition coefficient (Wildman–Crippen LogP) is 6.32. The molecule has 0 aromatic heterocycles. The molecule has 3 nitrogen and oxygen atoms in total. The minimum absolute atomic E-state index is 0.571. The van der Waals surface area contributed by atoms with E-state index in [-0.39, 0.29) is 0 Å². The first-order valence-corrected chi connectivity index (χ1v) is 10.5. The summed E-state index contributed by atoms with van der Waals surface area (Å²) in [5.74, 6) is -1.21. The maximum Gasteiger partial charge on any atom is 0.296 e. The van der Waals surface area contributed by atoms with Crippen LogP contribution in [0.5, 0.6) is 0 Å². The van der Waals surface area contributed by atoms with Crippen LogP contribution in [0, 0.1) is 0 Å². The molecule has 0 aliphatic heterocycles. The number of hydrogen-bond donors (Lipinski definition) is 0. The molecule has 0 amide bonds. The molecule has 28 heavy (non-hydrogen) atoms. The smallest absolute Gasteiger partial charge is 0.296 e. The van der Waals surface area contributed by atoms with Gasteiger partial charge in [-0.3, -0.25) is 0 Å². The van der Waals surface area contributed by atoms with Gasteiger partial charge in [0.25, 0.3) is 5.97 Å². The van der Waals surface area contributed by atoms with Crippen LogP contribution in [0.3, 0.4) is 0 Å². The minimum Gasteiger partial charge on any atom is -0.330 e. The van der Waals surface area contributed by atoms with Crippen molar-refractivity contribution in [1.82, 2.24) is 0 Å². The standard InChI is InChI=1S/C25H36O3/c1-5-6-7-8-9-16-21-24(22-17-12-10-13-18-22,23-19-14-11-15-20-23)25(26-2,27-3)28-4/h10-15,17-20H,5-9,16,21H2,1-4H3. The lowest BCUT2D eigenvalue weighted by atomic mass is 9.68. The van der Waals surface area contributed by atoms with E-state index in [0.29, 0.717) is 0 Å². The van der Waals surface area contributed by atoms with Gasteiger partial charge >= 0.3 is 0 Å². The zero-order valence-corrected chi connectivity index (χ0v) is 17.9. The zero-order valence-electron chi connectivity index (χ0n) is 17.9. The van der Waals surface area contributed by atoms with Crippen LogP contribution in [0.25, 0.3) is 0 Å². The van der Waals surface area contributed by atoms with E-state index in [1.165, 1.54) is 32.1 Å². The van der Waals surface area contributed by atoms with Crippen molar-refractivity contribution in [3.63, 3.8) is 0 Å². The maximum atomic E-state index is 5.96. The molecule has 0 bridgehead atoms. The average molecular weight is 385 g/mol. The van der Waals surface area contributed by atoms with Gasteiger partial charge in [-0.2, -0.15) is 0 Å². The Morgan fingerprint density at radius 3 is 1.46 bits per heavy atom. The Balaban J connectivity index is 2.50. The van der Waals surface area contributed by atoms with Crippen molar-refractivity contribution in [3.05, 3.63) is 71.8 Å². The lowest BCUT2D eigenvalue weighted by molar-refractivity contribution is -0.382. The second kappa shape index (κ2) is 11.4. The second-order valence-corrected chi connectivity index (χ2v) is 7.32. The summed E-state index contributed by atoms with van der Waals surface area (Å²) in [6, 6.07) is 21.0. The lowest BCUT2D eigenvalue weighted by Gasteiger charge is -2.47. The Hall–Kier alpha value is -1.68. The fourth-order valence-electron chi connectivity index (χ4n) is 4.35. The average Bonchev–Trinajstić information content (AvgIpc) is 2.77. The fourth-order valence-corrected chi connectivity index (χ4v) is 4.35. The Labute approximate surface area is 171 Å². The van der Waals surface area contributed by atoms with Crippen molar-refractivity contribution in [3.8, 4) is 0 Å². The van der Waals surface area contributed by atoms with Crippen molar-refractivity contribution in [2.24, 2.45) is 0 Å². The van der Waals surface area contributed by atoms with Crippen LogP contribution >= 0.6 is 0 Å². The summed E-state index contributed by atoms with van der Waals surface area (Å²) in [4.78, 5) is 0. The molecule has 0 atom stereocenters. The highest BCUT2D eigenvalue weighted by Gasteiger charge is 2.55. The van der Waals surface area contributed by atoms with Crippen LogP contribution in [0.2, 0.25) is 0 Å². The number of unbranched alkanes of at least 4 members (excludes halogenated alkanes) is 5. The molecule has 0 saturated carbocycles. The molecule has 154 valence electrons. The van der Waals surface area contributed by atoms with Crippen LogP contribution in [-0.4, -0.2) is 27.3 Å². The Morgan fingerprint density at radius 1 is 0.607 bits per heavy atom. The highest BCUT2D eigenvalue weighted by atomic mass is 16.9. The molecule has 0 heterocycles. The van der Waals surface area contributed by atoms with E-state index >= 15 is 0 Å². The van der Waals surface area contributed by atoms with E-state index in [0.717, 1.165) is 24.0 Å². The van der Waals surface area contributed by atoms with Crippen molar-refractivity contribution in [1.29, 1.82) is 0 Å². The normalized spacial score (nSPS) is 12.3. The summed E-state index contributed by atoms with van der Waals surface area (Å²) >= 11 is 0. The number of methoxy groups -OCH3 is 3. The molecule has 0 radical (unpaired) electrons. The van der Waals surface area contributed by atoms with Gasteiger partial charge in [0.15, 0.2) is 0 Å². The monoisotopic (exact) mass is 384 g/mol. The summed E-state index contributed by atoms with van der Waals surface area (Å²) in [5.41, 5.74) is 1.71. The summed E-state index contributed by atoms with van der Waals surface area (Å²) < 4.78 is 17.9. The van der Waals surface area contributed by atoms with E-state index in [9.17, 15) is 0 Å². The highest BCUT2D eigenvalue weighted by molar-refractivity contribution is 5.41. The molecule has 2 aromatic rings. The van der Waals surface area contributed by atoms with Crippen LogP contribution in [0.15, 0.2) is 60.7 Å². The third-order valence-electron chi connectivity index (χ3n) is 5.77. The van der Waals surface area contributed by atoms with Crippen LogP contribution in [0.4, 0.5) is 0 Å². The fraction of sp³-hybridized carbons (Fsp3) is 0.520. The van der Waals surface area contributed by atoms with Gasteiger partial charge in [0.2, 0.25) is 0 Å². The van der Waals surface area contributed by atoms with Gasteiger partial charge in [-0.05, 0) is 17.5 Å². The molecule has 0 unspecified atom stereocenters. The Morgan fingerprint density at radius 2 is 1.04 bits per heavy atom. The molecule has 2 aromatic carbocycles.